The first-order valence-corrected chi connectivity index (χ1v) is 21.7. The van der Waals surface area contributed by atoms with Crippen LogP contribution < -0.4 is 14.4 Å². The van der Waals surface area contributed by atoms with E-state index in [4.69, 9.17) is 25.8 Å². The van der Waals surface area contributed by atoms with Gasteiger partial charge in [-0.05, 0) is 110 Å². The molecule has 9 atom stereocenters. The standard InChI is InChI=1S/C43H53ClN4O6S/c1-26-7-6-8-39(52-5)35-12-9-31(35)21-48-24-43(20-27(2)28(3)36-19-33(44)11-13-37(36)43)25-54-40-14-10-30(18-38(40)48)41(49)45-55(51,29(26)4)46-42(50)32-17-34-23-53-16-15-47(34)22-32/h6,8,10-11,13-14,17-19,22,26-29,31,35,39H,7,9,12,15-16,20-21,23-25H2,1-5H3,(H,45,46,49,50,51)/b8-6+. The van der Waals surface area contributed by atoms with Crippen molar-refractivity contribution in [1.82, 2.24) is 9.29 Å². The lowest BCUT2D eigenvalue weighted by molar-refractivity contribution is 0.0130. The highest BCUT2D eigenvalue weighted by Crippen LogP contribution is 2.51. The van der Waals surface area contributed by atoms with Crippen molar-refractivity contribution in [2.75, 3.05) is 38.3 Å². The fourth-order valence-electron chi connectivity index (χ4n) is 9.56. The number of hydrogen-bond donors (Lipinski definition) is 1. The minimum absolute atomic E-state index is 0.0734. The van der Waals surface area contributed by atoms with Crippen LogP contribution >= 0.6 is 11.6 Å². The zero-order valence-corrected chi connectivity index (χ0v) is 34.0. The fraction of sp³-hybridized carbons (Fsp3) is 0.535. The average molecular weight is 789 g/mol. The van der Waals surface area contributed by atoms with Crippen LogP contribution in [0.2, 0.25) is 5.02 Å². The van der Waals surface area contributed by atoms with Gasteiger partial charge in [-0.2, -0.15) is 0 Å². The maximum atomic E-state index is 15.0. The summed E-state index contributed by atoms with van der Waals surface area (Å²) < 4.78 is 42.6. The maximum Gasteiger partial charge on any atom is 0.286 e. The Balaban J connectivity index is 1.21. The smallest absolute Gasteiger partial charge is 0.286 e. The van der Waals surface area contributed by atoms with E-state index < -0.39 is 27.0 Å². The Morgan fingerprint density at radius 1 is 1.09 bits per heavy atom. The predicted octanol–water partition coefficient (Wildman–Crippen LogP) is 7.93. The molecule has 3 aromatic rings. The highest BCUT2D eigenvalue weighted by atomic mass is 35.5. The van der Waals surface area contributed by atoms with Gasteiger partial charge < -0.3 is 23.7 Å². The van der Waals surface area contributed by atoms with Crippen LogP contribution in [0.25, 0.3) is 0 Å². The molecule has 10 nitrogen and oxygen atoms in total. The lowest BCUT2D eigenvalue weighted by Gasteiger charge is -2.48. The molecule has 9 unspecified atom stereocenters. The zero-order chi connectivity index (χ0) is 38.6. The van der Waals surface area contributed by atoms with Gasteiger partial charge in [-0.1, -0.05) is 50.6 Å². The number of carbonyl (C=O) groups excluding carboxylic acids is 2. The van der Waals surface area contributed by atoms with Gasteiger partial charge in [0, 0.05) is 54.6 Å². The molecule has 5 aliphatic rings. The number of carbonyl (C=O) groups is 2. The summed E-state index contributed by atoms with van der Waals surface area (Å²) >= 11 is 6.59. The molecular weight excluding hydrogens is 736 g/mol. The van der Waals surface area contributed by atoms with E-state index in [1.165, 1.54) is 11.1 Å². The lowest BCUT2D eigenvalue weighted by Crippen LogP contribution is -2.51. The molecule has 55 heavy (non-hydrogen) atoms. The molecule has 3 aliphatic heterocycles. The van der Waals surface area contributed by atoms with Crippen molar-refractivity contribution in [2.45, 2.75) is 89.2 Å². The molecule has 1 saturated carbocycles. The Kier molecular flexibility index (Phi) is 10.4. The van der Waals surface area contributed by atoms with Gasteiger partial charge in [-0.15, -0.1) is 4.36 Å². The number of allylic oxidation sites excluding steroid dienone is 1. The van der Waals surface area contributed by atoms with Crippen molar-refractivity contribution in [3.05, 3.63) is 93.8 Å². The first kappa shape index (κ1) is 38.2. The monoisotopic (exact) mass is 788 g/mol. The third kappa shape index (κ3) is 7.15. The van der Waals surface area contributed by atoms with Crippen LogP contribution in [0.4, 0.5) is 5.69 Å². The molecule has 1 N–H and O–H groups in total. The van der Waals surface area contributed by atoms with Crippen molar-refractivity contribution in [3.8, 4) is 5.75 Å². The molecule has 1 aromatic heterocycles. The minimum Gasteiger partial charge on any atom is -0.490 e. The second-order valence-electron chi connectivity index (χ2n) is 16.7. The van der Waals surface area contributed by atoms with Gasteiger partial charge in [-0.3, -0.25) is 14.3 Å². The number of benzene rings is 2. The van der Waals surface area contributed by atoms with E-state index >= 15 is 4.21 Å². The first-order chi connectivity index (χ1) is 26.4. The number of anilines is 1. The van der Waals surface area contributed by atoms with E-state index in [1.807, 2.05) is 29.7 Å². The number of rotatable bonds is 3. The number of amides is 2. The zero-order valence-electron chi connectivity index (χ0n) is 32.5. The average Bonchev–Trinajstić information content (AvgIpc) is 3.54. The van der Waals surface area contributed by atoms with Crippen molar-refractivity contribution in [2.24, 2.45) is 28.0 Å². The van der Waals surface area contributed by atoms with Crippen molar-refractivity contribution in [1.29, 1.82) is 0 Å². The van der Waals surface area contributed by atoms with Crippen LogP contribution in [0.15, 0.2) is 65.2 Å². The maximum absolute atomic E-state index is 15.0. The summed E-state index contributed by atoms with van der Waals surface area (Å²) in [4.78, 5) is 30.5. The number of nitrogens with zero attached hydrogens (tertiary/aromatic N) is 3. The number of ether oxygens (including phenoxy) is 3. The Hall–Kier alpha value is -3.64. The van der Waals surface area contributed by atoms with Crippen LogP contribution in [0.5, 0.6) is 5.75 Å². The van der Waals surface area contributed by atoms with E-state index in [0.29, 0.717) is 79.9 Å². The number of fused-ring (bicyclic) bond motifs is 5. The molecule has 1 spiro atoms. The molecule has 0 radical (unpaired) electrons. The molecule has 2 aliphatic carbocycles. The SMILES string of the molecule is COC1/C=C/CC(C)C(C)S(=O)(NC(=O)c2cc3n(c2)CCOC3)=NC(=O)c2ccc3c(c2)N(CC2CCC21)CC1(CO3)CC(C)C(C)c2cc(Cl)ccc21. The fourth-order valence-corrected chi connectivity index (χ4v) is 11.6. The highest BCUT2D eigenvalue weighted by Gasteiger charge is 2.47. The Morgan fingerprint density at radius 2 is 1.93 bits per heavy atom. The summed E-state index contributed by atoms with van der Waals surface area (Å²) in [5.74, 6) is 0.798. The molecule has 1 fully saturated rings. The Bertz CT molecular complexity index is 2120. The van der Waals surface area contributed by atoms with Crippen LogP contribution in [0.1, 0.15) is 96.8 Å². The van der Waals surface area contributed by atoms with E-state index in [-0.39, 0.29) is 17.4 Å². The third-order valence-electron chi connectivity index (χ3n) is 13.4. The van der Waals surface area contributed by atoms with Gasteiger partial charge in [0.2, 0.25) is 0 Å². The number of nitrogens with one attached hydrogen (secondary N) is 1. The van der Waals surface area contributed by atoms with E-state index in [0.717, 1.165) is 42.2 Å². The topological polar surface area (TPSA) is 111 Å². The van der Waals surface area contributed by atoms with Crippen molar-refractivity contribution in [3.63, 3.8) is 0 Å². The molecular formula is C43H53ClN4O6S. The summed E-state index contributed by atoms with van der Waals surface area (Å²) in [5.41, 5.74) is 4.57. The summed E-state index contributed by atoms with van der Waals surface area (Å²) in [6.45, 7) is 11.9. The van der Waals surface area contributed by atoms with Gasteiger partial charge in [0.05, 0.1) is 42.4 Å². The molecule has 294 valence electrons. The van der Waals surface area contributed by atoms with Gasteiger partial charge in [0.15, 0.2) is 0 Å². The van der Waals surface area contributed by atoms with Gasteiger partial charge in [-0.25, -0.2) is 4.21 Å². The van der Waals surface area contributed by atoms with Crippen molar-refractivity contribution < 1.29 is 28.0 Å². The first-order valence-electron chi connectivity index (χ1n) is 19.8. The second kappa shape index (κ2) is 15.0. The predicted molar refractivity (Wildman–Crippen MR) is 215 cm³/mol. The van der Waals surface area contributed by atoms with Crippen LogP contribution in [-0.4, -0.2) is 65.4 Å². The van der Waals surface area contributed by atoms with E-state index in [2.05, 4.69) is 52.1 Å². The number of aromatic nitrogens is 1. The van der Waals surface area contributed by atoms with Gasteiger partial charge in [0.1, 0.15) is 15.7 Å². The largest absolute Gasteiger partial charge is 0.490 e. The lowest BCUT2D eigenvalue weighted by atomic mass is 9.62. The summed E-state index contributed by atoms with van der Waals surface area (Å²) in [6.07, 6.45) is 9.59. The van der Waals surface area contributed by atoms with Crippen LogP contribution in [0, 0.1) is 23.7 Å². The van der Waals surface area contributed by atoms with Crippen LogP contribution in [0.3, 0.4) is 0 Å². The third-order valence-corrected chi connectivity index (χ3v) is 16.0. The van der Waals surface area contributed by atoms with Crippen LogP contribution in [-0.2, 0) is 38.0 Å². The van der Waals surface area contributed by atoms with Gasteiger partial charge in [0.25, 0.3) is 11.8 Å². The number of methoxy groups -OCH3 is 1. The molecule has 2 aromatic carbocycles. The number of halogens is 1. The molecule has 2 amide bonds. The molecule has 2 bridgehead atoms. The summed E-state index contributed by atoms with van der Waals surface area (Å²) in [5, 5.41) is 0.0835. The highest BCUT2D eigenvalue weighted by molar-refractivity contribution is 7.93. The molecule has 0 saturated heterocycles. The summed E-state index contributed by atoms with van der Waals surface area (Å²) in [7, 11) is -1.84. The van der Waals surface area contributed by atoms with E-state index in [1.54, 1.807) is 32.4 Å². The molecule has 4 heterocycles. The Labute approximate surface area is 330 Å². The Morgan fingerprint density at radius 3 is 2.69 bits per heavy atom. The summed E-state index contributed by atoms with van der Waals surface area (Å²) in [6, 6.07) is 13.5. The molecule has 12 heteroatoms. The number of hydrogen-bond acceptors (Lipinski definition) is 7. The van der Waals surface area contributed by atoms with Crippen molar-refractivity contribution >= 4 is 39.0 Å². The minimum atomic E-state index is -3.62. The second-order valence-corrected chi connectivity index (χ2v) is 19.4. The van der Waals surface area contributed by atoms with Gasteiger partial charge >= 0.3 is 0 Å². The molecule has 8 rings (SSSR count). The quantitative estimate of drug-likeness (QED) is 0.269. The normalized spacial score (nSPS) is 33.8. The van der Waals surface area contributed by atoms with E-state index in [9.17, 15) is 9.59 Å².